The van der Waals surface area contributed by atoms with E-state index >= 15 is 0 Å². The van der Waals surface area contributed by atoms with Crippen LogP contribution in [0.15, 0.2) is 29.0 Å². The van der Waals surface area contributed by atoms with E-state index < -0.39 is 11.8 Å². The van der Waals surface area contributed by atoms with Gasteiger partial charge in [-0.3, -0.25) is 20.4 Å². The zero-order chi connectivity index (χ0) is 15.6. The lowest BCUT2D eigenvalue weighted by Gasteiger charge is -2.08. The largest absolute Gasteiger partial charge is 0.345 e. The van der Waals surface area contributed by atoms with Gasteiger partial charge in [-0.1, -0.05) is 23.2 Å². The van der Waals surface area contributed by atoms with E-state index in [0.717, 1.165) is 4.47 Å². The summed E-state index contributed by atoms with van der Waals surface area (Å²) in [6, 6.07) is 2.99. The summed E-state index contributed by atoms with van der Waals surface area (Å²) in [7, 11) is 1.71. The first kappa shape index (κ1) is 15.8. The molecule has 2 aromatic heterocycles. The van der Waals surface area contributed by atoms with Crippen molar-refractivity contribution in [2.75, 3.05) is 0 Å². The summed E-state index contributed by atoms with van der Waals surface area (Å²) < 4.78 is 2.38. The average molecular weight is 392 g/mol. The number of hydrogen-bond donors (Lipinski definition) is 2. The van der Waals surface area contributed by atoms with Crippen molar-refractivity contribution in [1.82, 2.24) is 20.4 Å². The van der Waals surface area contributed by atoms with Gasteiger partial charge in [-0.25, -0.2) is 4.98 Å². The van der Waals surface area contributed by atoms with Crippen LogP contribution < -0.4 is 10.9 Å². The Morgan fingerprint density at radius 3 is 2.48 bits per heavy atom. The second-order valence-electron chi connectivity index (χ2n) is 4.06. The summed E-state index contributed by atoms with van der Waals surface area (Å²) in [5.41, 5.74) is 5.14. The van der Waals surface area contributed by atoms with E-state index in [1.807, 2.05) is 0 Å². The van der Waals surface area contributed by atoms with Crippen LogP contribution in [0.25, 0.3) is 0 Å². The summed E-state index contributed by atoms with van der Waals surface area (Å²) in [6.07, 6.45) is 2.98. The molecule has 2 aromatic rings. The van der Waals surface area contributed by atoms with Crippen LogP contribution >= 0.6 is 39.1 Å². The number of carbonyl (C=O) groups is 2. The van der Waals surface area contributed by atoms with Crippen molar-refractivity contribution in [3.63, 3.8) is 0 Å². The molecule has 0 radical (unpaired) electrons. The van der Waals surface area contributed by atoms with Gasteiger partial charge in [0.1, 0.15) is 10.8 Å². The standard InChI is InChI=1S/C12H9BrCl2N4O2/c1-19-5-7(13)3-9(19)12(21)18-17-11(20)6-2-8(14)10(15)16-4-6/h2-5H,1H3,(H,17,20)(H,18,21). The summed E-state index contributed by atoms with van der Waals surface area (Å²) >= 11 is 14.7. The zero-order valence-electron chi connectivity index (χ0n) is 10.7. The van der Waals surface area contributed by atoms with Gasteiger partial charge < -0.3 is 4.57 Å². The highest BCUT2D eigenvalue weighted by Gasteiger charge is 2.13. The van der Waals surface area contributed by atoms with E-state index in [4.69, 9.17) is 23.2 Å². The van der Waals surface area contributed by atoms with Gasteiger partial charge in [0.15, 0.2) is 0 Å². The maximum Gasteiger partial charge on any atom is 0.286 e. The molecule has 2 amide bonds. The molecule has 0 spiro atoms. The summed E-state index contributed by atoms with van der Waals surface area (Å²) in [5, 5.41) is 0.257. The lowest BCUT2D eigenvalue weighted by Crippen LogP contribution is -2.42. The molecule has 0 unspecified atom stereocenters. The van der Waals surface area contributed by atoms with Gasteiger partial charge in [0.25, 0.3) is 11.8 Å². The predicted octanol–water partition coefficient (Wildman–Crippen LogP) is 2.56. The van der Waals surface area contributed by atoms with Crippen molar-refractivity contribution in [3.05, 3.63) is 50.4 Å². The first-order chi connectivity index (χ1) is 9.88. The Morgan fingerprint density at radius 2 is 1.90 bits per heavy atom. The van der Waals surface area contributed by atoms with Gasteiger partial charge >= 0.3 is 0 Å². The van der Waals surface area contributed by atoms with E-state index in [0.29, 0.717) is 5.69 Å². The van der Waals surface area contributed by atoms with Crippen LogP contribution in [0, 0.1) is 0 Å². The second-order valence-corrected chi connectivity index (χ2v) is 5.74. The van der Waals surface area contributed by atoms with Crippen molar-refractivity contribution < 1.29 is 9.59 Å². The van der Waals surface area contributed by atoms with Crippen molar-refractivity contribution >= 4 is 50.9 Å². The number of carbonyl (C=O) groups excluding carboxylic acids is 2. The molecule has 21 heavy (non-hydrogen) atoms. The molecule has 2 rings (SSSR count). The van der Waals surface area contributed by atoms with Gasteiger partial charge in [0.2, 0.25) is 0 Å². The molecule has 0 saturated heterocycles. The summed E-state index contributed by atoms with van der Waals surface area (Å²) in [5.74, 6) is -1.01. The Balaban J connectivity index is 2.02. The third-order valence-corrected chi connectivity index (χ3v) is 3.67. The van der Waals surface area contributed by atoms with Crippen LogP contribution in [0.2, 0.25) is 10.2 Å². The molecular formula is C12H9BrCl2N4O2. The number of nitrogens with one attached hydrogen (secondary N) is 2. The number of rotatable bonds is 2. The summed E-state index contributed by atoms with van der Waals surface area (Å²) in [6.45, 7) is 0. The number of hydrazine groups is 1. The number of nitrogens with zero attached hydrogens (tertiary/aromatic N) is 2. The Bertz CT molecular complexity index is 717. The monoisotopic (exact) mass is 390 g/mol. The second kappa shape index (κ2) is 6.46. The highest BCUT2D eigenvalue weighted by Crippen LogP contribution is 2.19. The van der Waals surface area contributed by atoms with E-state index in [1.165, 1.54) is 12.3 Å². The lowest BCUT2D eigenvalue weighted by molar-refractivity contribution is 0.0842. The third kappa shape index (κ3) is 3.75. The third-order valence-electron chi connectivity index (χ3n) is 2.55. The van der Waals surface area contributed by atoms with E-state index in [1.54, 1.807) is 23.9 Å². The number of halogens is 3. The highest BCUT2D eigenvalue weighted by atomic mass is 79.9. The molecule has 6 nitrogen and oxygen atoms in total. The highest BCUT2D eigenvalue weighted by molar-refractivity contribution is 9.10. The minimum atomic E-state index is -0.553. The fourth-order valence-electron chi connectivity index (χ4n) is 1.55. The normalized spacial score (nSPS) is 10.3. The first-order valence-corrected chi connectivity index (χ1v) is 7.17. The maximum absolute atomic E-state index is 11.9. The minimum absolute atomic E-state index is 0.103. The number of hydrogen-bond acceptors (Lipinski definition) is 3. The van der Waals surface area contributed by atoms with Crippen molar-refractivity contribution in [1.29, 1.82) is 0 Å². The summed E-state index contributed by atoms with van der Waals surface area (Å²) in [4.78, 5) is 27.5. The van der Waals surface area contributed by atoms with Crippen molar-refractivity contribution in [3.8, 4) is 0 Å². The number of pyridine rings is 1. The Labute approximate surface area is 138 Å². The Kier molecular flexibility index (Phi) is 4.87. The molecule has 2 heterocycles. The topological polar surface area (TPSA) is 76.0 Å². The Hall–Kier alpha value is -1.57. The van der Waals surface area contributed by atoms with Crippen LogP contribution in [0.5, 0.6) is 0 Å². The molecule has 9 heteroatoms. The molecule has 0 aliphatic carbocycles. The van der Waals surface area contributed by atoms with E-state index in [9.17, 15) is 9.59 Å². The molecular weight excluding hydrogens is 383 g/mol. The molecule has 0 bridgehead atoms. The predicted molar refractivity (Wildman–Crippen MR) is 82.3 cm³/mol. The smallest absolute Gasteiger partial charge is 0.286 e. The van der Waals surface area contributed by atoms with Gasteiger partial charge in [-0.05, 0) is 28.1 Å². The van der Waals surface area contributed by atoms with Crippen molar-refractivity contribution in [2.24, 2.45) is 7.05 Å². The number of aryl methyl sites for hydroxylation is 1. The quantitative estimate of drug-likeness (QED) is 0.610. The van der Waals surface area contributed by atoms with Gasteiger partial charge in [-0.15, -0.1) is 0 Å². The number of aromatic nitrogens is 2. The van der Waals surface area contributed by atoms with Gasteiger partial charge in [-0.2, -0.15) is 0 Å². The molecule has 0 saturated carbocycles. The van der Waals surface area contributed by atoms with Crippen LogP contribution in [-0.2, 0) is 7.05 Å². The van der Waals surface area contributed by atoms with E-state index in [2.05, 4.69) is 31.8 Å². The van der Waals surface area contributed by atoms with Gasteiger partial charge in [0.05, 0.1) is 10.6 Å². The fraction of sp³-hybridized carbons (Fsp3) is 0.0833. The van der Waals surface area contributed by atoms with Crippen LogP contribution in [0.1, 0.15) is 20.8 Å². The molecule has 0 aliphatic heterocycles. The first-order valence-electron chi connectivity index (χ1n) is 5.62. The molecule has 0 fully saturated rings. The minimum Gasteiger partial charge on any atom is -0.345 e. The molecule has 0 aliphatic rings. The van der Waals surface area contributed by atoms with Gasteiger partial charge in [0, 0.05) is 23.9 Å². The Morgan fingerprint density at radius 1 is 1.24 bits per heavy atom. The fourth-order valence-corrected chi connectivity index (χ4v) is 2.34. The maximum atomic E-state index is 11.9. The average Bonchev–Trinajstić information content (AvgIpc) is 2.77. The molecule has 0 atom stereocenters. The number of amides is 2. The molecule has 110 valence electrons. The molecule has 2 N–H and O–H groups in total. The van der Waals surface area contributed by atoms with Crippen LogP contribution in [0.4, 0.5) is 0 Å². The SMILES string of the molecule is Cn1cc(Br)cc1C(=O)NNC(=O)c1cnc(Cl)c(Cl)c1. The van der Waals surface area contributed by atoms with E-state index in [-0.39, 0.29) is 15.7 Å². The van der Waals surface area contributed by atoms with Crippen molar-refractivity contribution in [2.45, 2.75) is 0 Å². The van der Waals surface area contributed by atoms with Crippen LogP contribution in [0.3, 0.4) is 0 Å². The van der Waals surface area contributed by atoms with Crippen LogP contribution in [-0.4, -0.2) is 21.4 Å². The lowest BCUT2D eigenvalue weighted by atomic mass is 10.3. The zero-order valence-corrected chi connectivity index (χ0v) is 13.8. The molecule has 0 aromatic carbocycles.